The molecule has 0 atom stereocenters. The number of carbonyl (C=O) groups excluding carboxylic acids is 1. The van der Waals surface area contributed by atoms with E-state index in [0.29, 0.717) is 43.2 Å². The molecule has 1 saturated heterocycles. The van der Waals surface area contributed by atoms with Crippen LogP contribution in [0.15, 0.2) is 18.5 Å². The standard InChI is InChI=1S/C16H16F2N8O2/c17-8-1-2-9(19)11(18)12(8)22-16(27)23-13-10-14(21-7-20-13)24-25-15(10)26-3-5-28-6-4-26/h1-2,7H,3-6,19H2,(H3,20,21,22,23,24,25,27). The van der Waals surface area contributed by atoms with Crippen molar-refractivity contribution in [1.82, 2.24) is 20.2 Å². The summed E-state index contributed by atoms with van der Waals surface area (Å²) in [4.78, 5) is 22.5. The normalized spacial score (nSPS) is 14.3. The monoisotopic (exact) mass is 390 g/mol. The van der Waals surface area contributed by atoms with Gasteiger partial charge in [-0.05, 0) is 12.1 Å². The average Bonchev–Trinajstić information content (AvgIpc) is 3.14. The van der Waals surface area contributed by atoms with Crippen LogP contribution in [0, 0.1) is 11.6 Å². The summed E-state index contributed by atoms with van der Waals surface area (Å²) in [6, 6.07) is 1.14. The molecule has 146 valence electrons. The summed E-state index contributed by atoms with van der Waals surface area (Å²) >= 11 is 0. The number of halogens is 2. The van der Waals surface area contributed by atoms with Gasteiger partial charge in [-0.25, -0.2) is 23.5 Å². The average molecular weight is 390 g/mol. The molecule has 1 aliphatic rings. The van der Waals surface area contributed by atoms with Gasteiger partial charge in [0.25, 0.3) is 0 Å². The number of hydrogen-bond acceptors (Lipinski definition) is 7. The van der Waals surface area contributed by atoms with Gasteiger partial charge in [0.2, 0.25) is 0 Å². The molecule has 0 saturated carbocycles. The molecule has 3 aromatic rings. The Morgan fingerprint density at radius 2 is 2.00 bits per heavy atom. The Morgan fingerprint density at radius 3 is 2.79 bits per heavy atom. The number of rotatable bonds is 3. The predicted octanol–water partition coefficient (Wildman–Crippen LogP) is 1.69. The summed E-state index contributed by atoms with van der Waals surface area (Å²) in [5.74, 6) is -1.31. The largest absolute Gasteiger partial charge is 0.396 e. The van der Waals surface area contributed by atoms with Crippen LogP contribution in [0.5, 0.6) is 0 Å². The van der Waals surface area contributed by atoms with E-state index in [0.717, 1.165) is 12.1 Å². The molecular weight excluding hydrogens is 374 g/mol. The second-order valence-electron chi connectivity index (χ2n) is 6.00. The van der Waals surface area contributed by atoms with Gasteiger partial charge in [0.15, 0.2) is 23.1 Å². The molecule has 0 radical (unpaired) electrons. The van der Waals surface area contributed by atoms with Crippen LogP contribution in [0.4, 0.5) is 36.6 Å². The minimum atomic E-state index is -1.06. The molecule has 12 heteroatoms. The fraction of sp³-hybridized carbons (Fsp3) is 0.250. The molecular formula is C16H16F2N8O2. The Bertz CT molecular complexity index is 1030. The van der Waals surface area contributed by atoms with Crippen molar-refractivity contribution in [2.75, 3.05) is 47.6 Å². The zero-order valence-electron chi connectivity index (χ0n) is 14.5. The Kier molecular flexibility index (Phi) is 4.61. The van der Waals surface area contributed by atoms with E-state index in [9.17, 15) is 13.6 Å². The van der Waals surface area contributed by atoms with Crippen molar-refractivity contribution in [2.24, 2.45) is 0 Å². The molecule has 1 aliphatic heterocycles. The van der Waals surface area contributed by atoms with Crippen LogP contribution < -0.4 is 21.3 Å². The minimum absolute atomic E-state index is 0.141. The zero-order chi connectivity index (χ0) is 19.7. The number of fused-ring (bicyclic) bond motifs is 1. The van der Waals surface area contributed by atoms with Crippen LogP contribution in [-0.2, 0) is 4.74 Å². The first-order valence-electron chi connectivity index (χ1n) is 8.38. The molecule has 0 unspecified atom stereocenters. The summed E-state index contributed by atoms with van der Waals surface area (Å²) in [5, 5.41) is 12.1. The van der Waals surface area contributed by atoms with E-state index in [2.05, 4.69) is 30.8 Å². The maximum absolute atomic E-state index is 14.0. The predicted molar refractivity (Wildman–Crippen MR) is 98.1 cm³/mol. The lowest BCUT2D eigenvalue weighted by Gasteiger charge is -2.27. The molecule has 0 spiro atoms. The number of morpholine rings is 1. The van der Waals surface area contributed by atoms with Crippen LogP contribution in [0.2, 0.25) is 0 Å². The maximum atomic E-state index is 14.0. The Balaban J connectivity index is 1.62. The number of anilines is 4. The first-order chi connectivity index (χ1) is 13.5. The number of nitrogens with two attached hydrogens (primary N) is 1. The third-order valence-electron chi connectivity index (χ3n) is 4.24. The second-order valence-corrected chi connectivity index (χ2v) is 6.00. The van der Waals surface area contributed by atoms with Crippen molar-refractivity contribution in [1.29, 1.82) is 0 Å². The van der Waals surface area contributed by atoms with Gasteiger partial charge in [0.1, 0.15) is 23.2 Å². The lowest BCUT2D eigenvalue weighted by Crippen LogP contribution is -2.36. The number of H-pyrrole nitrogens is 1. The van der Waals surface area contributed by atoms with Crippen LogP contribution in [0.1, 0.15) is 0 Å². The van der Waals surface area contributed by atoms with Crippen molar-refractivity contribution >= 4 is 40.1 Å². The minimum Gasteiger partial charge on any atom is -0.396 e. The van der Waals surface area contributed by atoms with E-state index < -0.39 is 23.4 Å². The van der Waals surface area contributed by atoms with Gasteiger partial charge >= 0.3 is 6.03 Å². The van der Waals surface area contributed by atoms with Gasteiger partial charge in [-0.2, -0.15) is 5.10 Å². The number of ether oxygens (including phenoxy) is 1. The summed E-state index contributed by atoms with van der Waals surface area (Å²) in [5.41, 5.74) is 4.89. The molecule has 1 aromatic carbocycles. The van der Waals surface area contributed by atoms with Crippen LogP contribution >= 0.6 is 0 Å². The van der Waals surface area contributed by atoms with E-state index >= 15 is 0 Å². The quantitative estimate of drug-likeness (QED) is 0.500. The highest BCUT2D eigenvalue weighted by atomic mass is 19.1. The SMILES string of the molecule is Nc1ccc(F)c(NC(=O)Nc2ncnc3[nH]nc(N4CCOCC4)c23)c1F. The number of amides is 2. The molecule has 0 bridgehead atoms. The highest BCUT2D eigenvalue weighted by Gasteiger charge is 2.22. The number of urea groups is 1. The van der Waals surface area contributed by atoms with E-state index in [4.69, 9.17) is 10.5 Å². The summed E-state index contributed by atoms with van der Waals surface area (Å²) in [7, 11) is 0. The fourth-order valence-electron chi connectivity index (χ4n) is 2.88. The molecule has 1 fully saturated rings. The topological polar surface area (TPSA) is 134 Å². The maximum Gasteiger partial charge on any atom is 0.325 e. The molecule has 5 N–H and O–H groups in total. The van der Waals surface area contributed by atoms with Crippen LogP contribution in [-0.4, -0.2) is 52.5 Å². The van der Waals surface area contributed by atoms with Crippen molar-refractivity contribution < 1.29 is 18.3 Å². The Labute approximate surface area is 157 Å². The number of aromatic nitrogens is 4. The van der Waals surface area contributed by atoms with Gasteiger partial charge in [-0.15, -0.1) is 0 Å². The van der Waals surface area contributed by atoms with E-state index in [1.165, 1.54) is 6.33 Å². The number of nitrogen functional groups attached to an aromatic ring is 1. The lowest BCUT2D eigenvalue weighted by molar-refractivity contribution is 0.122. The number of hydrogen-bond donors (Lipinski definition) is 4. The van der Waals surface area contributed by atoms with Crippen molar-refractivity contribution in [3.63, 3.8) is 0 Å². The van der Waals surface area contributed by atoms with Crippen molar-refractivity contribution in [3.8, 4) is 0 Å². The molecule has 2 amide bonds. The molecule has 10 nitrogen and oxygen atoms in total. The summed E-state index contributed by atoms with van der Waals surface area (Å²) < 4.78 is 33.2. The third-order valence-corrected chi connectivity index (χ3v) is 4.24. The number of nitrogens with one attached hydrogen (secondary N) is 3. The summed E-state index contributed by atoms with van der Waals surface area (Å²) in [6.45, 7) is 2.30. The van der Waals surface area contributed by atoms with Gasteiger partial charge in [-0.1, -0.05) is 0 Å². The first kappa shape index (κ1) is 17.9. The molecule has 28 heavy (non-hydrogen) atoms. The highest BCUT2D eigenvalue weighted by Crippen LogP contribution is 2.29. The van der Waals surface area contributed by atoms with Crippen LogP contribution in [0.25, 0.3) is 11.0 Å². The second kappa shape index (κ2) is 7.23. The molecule has 4 rings (SSSR count). The Hall–Kier alpha value is -3.54. The van der Waals surface area contributed by atoms with E-state index in [1.54, 1.807) is 0 Å². The van der Waals surface area contributed by atoms with E-state index in [-0.39, 0.29) is 11.5 Å². The molecule has 0 aliphatic carbocycles. The fourth-order valence-corrected chi connectivity index (χ4v) is 2.88. The van der Waals surface area contributed by atoms with Gasteiger partial charge in [0, 0.05) is 13.1 Å². The van der Waals surface area contributed by atoms with Gasteiger partial charge in [0.05, 0.1) is 18.9 Å². The number of benzene rings is 1. The smallest absolute Gasteiger partial charge is 0.325 e. The third kappa shape index (κ3) is 3.24. The van der Waals surface area contributed by atoms with E-state index in [1.807, 2.05) is 4.90 Å². The van der Waals surface area contributed by atoms with Crippen LogP contribution in [0.3, 0.4) is 0 Å². The van der Waals surface area contributed by atoms with Crippen molar-refractivity contribution in [3.05, 3.63) is 30.1 Å². The van der Waals surface area contributed by atoms with Gasteiger partial charge in [-0.3, -0.25) is 10.4 Å². The molecule has 3 heterocycles. The zero-order valence-corrected chi connectivity index (χ0v) is 14.5. The van der Waals surface area contributed by atoms with Crippen molar-refractivity contribution in [2.45, 2.75) is 0 Å². The summed E-state index contributed by atoms with van der Waals surface area (Å²) in [6.07, 6.45) is 1.24. The first-order valence-corrected chi connectivity index (χ1v) is 8.38. The number of aromatic amines is 1. The molecule has 2 aromatic heterocycles. The lowest BCUT2D eigenvalue weighted by atomic mass is 10.2. The Morgan fingerprint density at radius 1 is 1.21 bits per heavy atom. The number of carbonyl (C=O) groups is 1. The highest BCUT2D eigenvalue weighted by molar-refractivity contribution is 6.06. The number of nitrogens with zero attached hydrogens (tertiary/aromatic N) is 4. The van der Waals surface area contributed by atoms with Gasteiger partial charge < -0.3 is 20.7 Å².